The van der Waals surface area contributed by atoms with Gasteiger partial charge in [0.05, 0.1) is 6.10 Å². The zero-order valence-corrected chi connectivity index (χ0v) is 9.38. The van der Waals surface area contributed by atoms with E-state index in [1.807, 2.05) is 37.3 Å². The van der Waals surface area contributed by atoms with E-state index in [9.17, 15) is 5.11 Å². The summed E-state index contributed by atoms with van der Waals surface area (Å²) in [5.41, 5.74) is 2.09. The predicted molar refractivity (Wildman–Crippen MR) is 59.5 cm³/mol. The van der Waals surface area contributed by atoms with Crippen LogP contribution in [-0.4, -0.2) is 11.2 Å². The van der Waals surface area contributed by atoms with Crippen LogP contribution in [0.3, 0.4) is 0 Å². The summed E-state index contributed by atoms with van der Waals surface area (Å²) in [5.74, 6) is 0. The molecule has 0 saturated heterocycles. The fourth-order valence-corrected chi connectivity index (χ4v) is 1.21. The van der Waals surface area contributed by atoms with Crippen molar-refractivity contribution in [1.82, 2.24) is 0 Å². The van der Waals surface area contributed by atoms with Crippen LogP contribution in [0.1, 0.15) is 19.4 Å². The van der Waals surface area contributed by atoms with Crippen LogP contribution in [0.5, 0.6) is 0 Å². The van der Waals surface area contributed by atoms with Gasteiger partial charge < -0.3 is 5.11 Å². The highest BCUT2D eigenvalue weighted by Crippen LogP contribution is 2.14. The molecule has 0 aromatic heterocycles. The fraction of sp³-hybridized carbons (Fsp3) is 0.273. The first-order valence-corrected chi connectivity index (χ1v) is 5.00. The largest absolute Gasteiger partial charge is 0.389 e. The maximum absolute atomic E-state index is 9.26. The Morgan fingerprint density at radius 3 is 2.38 bits per heavy atom. The molecule has 1 nitrogen and oxygen atoms in total. The minimum Gasteiger partial charge on any atom is -0.389 e. The second kappa shape index (κ2) is 4.58. The van der Waals surface area contributed by atoms with Gasteiger partial charge in [0, 0.05) is 4.47 Å². The van der Waals surface area contributed by atoms with Crippen molar-refractivity contribution < 1.29 is 5.11 Å². The summed E-state index contributed by atoms with van der Waals surface area (Å²) in [6.07, 6.45) is 1.61. The van der Waals surface area contributed by atoms with Gasteiger partial charge >= 0.3 is 0 Å². The SMILES string of the molecule is C/C(=C\c1ccc(Br)cc1)C(C)O. The molecule has 0 fully saturated rings. The summed E-state index contributed by atoms with van der Waals surface area (Å²) in [4.78, 5) is 0. The van der Waals surface area contributed by atoms with Gasteiger partial charge in [-0.1, -0.05) is 34.1 Å². The molecule has 0 bridgehead atoms. The van der Waals surface area contributed by atoms with E-state index in [1.54, 1.807) is 6.92 Å². The van der Waals surface area contributed by atoms with Crippen molar-refractivity contribution in [2.45, 2.75) is 20.0 Å². The van der Waals surface area contributed by atoms with E-state index in [0.717, 1.165) is 15.6 Å². The zero-order valence-electron chi connectivity index (χ0n) is 7.79. The van der Waals surface area contributed by atoms with Gasteiger partial charge in [0.25, 0.3) is 0 Å². The van der Waals surface area contributed by atoms with Crippen LogP contribution >= 0.6 is 15.9 Å². The topological polar surface area (TPSA) is 20.2 Å². The summed E-state index contributed by atoms with van der Waals surface area (Å²) < 4.78 is 1.07. The van der Waals surface area contributed by atoms with E-state index >= 15 is 0 Å². The molecule has 0 amide bonds. The summed E-state index contributed by atoms with van der Waals surface area (Å²) >= 11 is 3.37. The first-order chi connectivity index (χ1) is 6.09. The average Bonchev–Trinajstić information content (AvgIpc) is 2.08. The second-order valence-corrected chi connectivity index (χ2v) is 4.03. The Kier molecular flexibility index (Phi) is 3.70. The molecule has 1 rings (SSSR count). The van der Waals surface area contributed by atoms with Crippen LogP contribution in [0.25, 0.3) is 6.08 Å². The molecule has 1 N–H and O–H groups in total. The molecule has 1 aromatic carbocycles. The van der Waals surface area contributed by atoms with Crippen LogP contribution in [0, 0.1) is 0 Å². The lowest BCUT2D eigenvalue weighted by molar-refractivity contribution is 0.232. The summed E-state index contributed by atoms with van der Waals surface area (Å²) in [6, 6.07) is 7.99. The highest BCUT2D eigenvalue weighted by Gasteiger charge is 1.97. The third-order valence-electron chi connectivity index (χ3n) is 1.92. The number of rotatable bonds is 2. The number of halogens is 1. The molecule has 0 aliphatic rings. The van der Waals surface area contributed by atoms with Crippen LogP contribution in [0.4, 0.5) is 0 Å². The summed E-state index contributed by atoms with van der Waals surface area (Å²) in [6.45, 7) is 3.69. The van der Waals surface area contributed by atoms with Gasteiger partial charge in [0.2, 0.25) is 0 Å². The van der Waals surface area contributed by atoms with Gasteiger partial charge in [0.15, 0.2) is 0 Å². The van der Waals surface area contributed by atoms with Crippen LogP contribution in [0.15, 0.2) is 34.3 Å². The van der Waals surface area contributed by atoms with Gasteiger partial charge in [-0.25, -0.2) is 0 Å². The van der Waals surface area contributed by atoms with Gasteiger partial charge in [0.1, 0.15) is 0 Å². The van der Waals surface area contributed by atoms with Crippen molar-refractivity contribution in [3.8, 4) is 0 Å². The van der Waals surface area contributed by atoms with Crippen molar-refractivity contribution in [2.24, 2.45) is 0 Å². The van der Waals surface area contributed by atoms with Crippen LogP contribution in [-0.2, 0) is 0 Å². The Morgan fingerprint density at radius 1 is 1.38 bits per heavy atom. The second-order valence-electron chi connectivity index (χ2n) is 3.12. The van der Waals surface area contributed by atoms with Crippen molar-refractivity contribution in [3.05, 3.63) is 39.9 Å². The molecule has 2 heteroatoms. The van der Waals surface area contributed by atoms with Gasteiger partial charge in [-0.05, 0) is 37.1 Å². The van der Waals surface area contributed by atoms with E-state index in [1.165, 1.54) is 0 Å². The van der Waals surface area contributed by atoms with Crippen molar-refractivity contribution in [1.29, 1.82) is 0 Å². The Balaban J connectivity index is 2.85. The Morgan fingerprint density at radius 2 is 1.92 bits per heavy atom. The lowest BCUT2D eigenvalue weighted by Gasteiger charge is -2.03. The van der Waals surface area contributed by atoms with Crippen LogP contribution < -0.4 is 0 Å². The minimum absolute atomic E-state index is 0.372. The molecular weight excluding hydrogens is 228 g/mol. The number of benzene rings is 1. The predicted octanol–water partition coefficient (Wildman–Crippen LogP) is 3.23. The molecule has 1 atom stereocenters. The number of hydrogen-bond donors (Lipinski definition) is 1. The highest BCUT2D eigenvalue weighted by molar-refractivity contribution is 9.10. The minimum atomic E-state index is -0.372. The molecule has 1 aromatic rings. The quantitative estimate of drug-likeness (QED) is 0.842. The molecule has 13 heavy (non-hydrogen) atoms. The first-order valence-electron chi connectivity index (χ1n) is 4.21. The van der Waals surface area contributed by atoms with E-state index in [0.29, 0.717) is 0 Å². The summed E-state index contributed by atoms with van der Waals surface area (Å²) in [5, 5.41) is 9.26. The molecular formula is C11H13BrO. The Bertz CT molecular complexity index is 298. The van der Waals surface area contributed by atoms with Gasteiger partial charge in [-0.2, -0.15) is 0 Å². The lowest BCUT2D eigenvalue weighted by Crippen LogP contribution is -2.00. The standard InChI is InChI=1S/C11H13BrO/c1-8(9(2)13)7-10-3-5-11(12)6-4-10/h3-7,9,13H,1-2H3/b8-7+. The van der Waals surface area contributed by atoms with E-state index in [-0.39, 0.29) is 6.10 Å². The normalized spacial score (nSPS) is 14.3. The molecule has 70 valence electrons. The molecule has 1 unspecified atom stereocenters. The molecule has 0 saturated carbocycles. The van der Waals surface area contributed by atoms with Crippen molar-refractivity contribution >= 4 is 22.0 Å². The van der Waals surface area contributed by atoms with E-state index < -0.39 is 0 Å². The van der Waals surface area contributed by atoms with Gasteiger partial charge in [-0.15, -0.1) is 0 Å². The summed E-state index contributed by atoms with van der Waals surface area (Å²) in [7, 11) is 0. The third kappa shape index (κ3) is 3.33. The fourth-order valence-electron chi connectivity index (χ4n) is 0.942. The smallest absolute Gasteiger partial charge is 0.0722 e. The number of aliphatic hydroxyl groups is 1. The Hall–Kier alpha value is -0.600. The van der Waals surface area contributed by atoms with Crippen molar-refractivity contribution in [2.75, 3.05) is 0 Å². The first kappa shape index (κ1) is 10.5. The maximum Gasteiger partial charge on any atom is 0.0722 e. The Labute approximate surface area is 87.2 Å². The van der Waals surface area contributed by atoms with E-state index in [2.05, 4.69) is 15.9 Å². The van der Waals surface area contributed by atoms with Gasteiger partial charge in [-0.3, -0.25) is 0 Å². The molecule has 0 aliphatic carbocycles. The van der Waals surface area contributed by atoms with E-state index in [4.69, 9.17) is 0 Å². The molecule has 0 heterocycles. The zero-order chi connectivity index (χ0) is 9.84. The number of aliphatic hydroxyl groups excluding tert-OH is 1. The average molecular weight is 241 g/mol. The molecule has 0 radical (unpaired) electrons. The number of hydrogen-bond acceptors (Lipinski definition) is 1. The lowest BCUT2D eigenvalue weighted by atomic mass is 10.1. The third-order valence-corrected chi connectivity index (χ3v) is 2.45. The molecule has 0 aliphatic heterocycles. The van der Waals surface area contributed by atoms with Crippen LogP contribution in [0.2, 0.25) is 0 Å². The van der Waals surface area contributed by atoms with Crippen molar-refractivity contribution in [3.63, 3.8) is 0 Å². The monoisotopic (exact) mass is 240 g/mol. The highest BCUT2D eigenvalue weighted by atomic mass is 79.9. The molecule has 0 spiro atoms. The maximum atomic E-state index is 9.26.